The van der Waals surface area contributed by atoms with Crippen molar-refractivity contribution < 1.29 is 28.2 Å². The summed E-state index contributed by atoms with van der Waals surface area (Å²) in [5.41, 5.74) is 1.01. The van der Waals surface area contributed by atoms with Gasteiger partial charge in [0.1, 0.15) is 16.7 Å². The molecule has 0 saturated carbocycles. The molecule has 1 heterocycles. The van der Waals surface area contributed by atoms with Gasteiger partial charge in [-0.1, -0.05) is 54.1 Å². The summed E-state index contributed by atoms with van der Waals surface area (Å²) in [5, 5.41) is 0.288. The van der Waals surface area contributed by atoms with E-state index in [0.29, 0.717) is 53.3 Å². The zero-order valence-electron chi connectivity index (χ0n) is 20.8. The number of thiocarbonyl (C=S) groups is 1. The lowest BCUT2D eigenvalue weighted by molar-refractivity contribution is -0.143. The van der Waals surface area contributed by atoms with Gasteiger partial charge in [0, 0.05) is 18.5 Å². The Morgan fingerprint density at radius 2 is 1.92 bits per heavy atom. The van der Waals surface area contributed by atoms with Crippen LogP contribution >= 0.6 is 35.6 Å². The van der Waals surface area contributed by atoms with Crippen LogP contribution in [0.25, 0.3) is 6.08 Å². The van der Waals surface area contributed by atoms with Gasteiger partial charge in [-0.3, -0.25) is 14.5 Å². The predicted octanol–water partition coefficient (Wildman–Crippen LogP) is 6.78. The number of esters is 1. The smallest absolute Gasteiger partial charge is 0.305 e. The first kappa shape index (κ1) is 28.9. The molecule has 2 aromatic carbocycles. The SMILES string of the molecule is CCOC(=O)CCCCCN1C(=O)/C(=C\c2ccc(OCc3c(F)cccc3Cl)c(OCC)c2)SC1=S. The van der Waals surface area contributed by atoms with E-state index in [0.717, 1.165) is 18.4 Å². The Morgan fingerprint density at radius 1 is 1.11 bits per heavy atom. The van der Waals surface area contributed by atoms with Gasteiger partial charge >= 0.3 is 5.97 Å². The molecule has 37 heavy (non-hydrogen) atoms. The molecule has 3 rings (SSSR count). The zero-order chi connectivity index (χ0) is 26.8. The van der Waals surface area contributed by atoms with Crippen LogP contribution in [0.4, 0.5) is 4.39 Å². The van der Waals surface area contributed by atoms with E-state index in [1.54, 1.807) is 42.2 Å². The molecule has 0 N–H and O–H groups in total. The van der Waals surface area contributed by atoms with Crippen LogP contribution in [0.3, 0.4) is 0 Å². The maximum absolute atomic E-state index is 14.1. The number of amides is 1. The lowest BCUT2D eigenvalue weighted by Gasteiger charge is -2.14. The quantitative estimate of drug-likeness (QED) is 0.115. The second-order valence-electron chi connectivity index (χ2n) is 8.08. The van der Waals surface area contributed by atoms with Crippen LogP contribution in [0.5, 0.6) is 11.5 Å². The Bertz CT molecular complexity index is 1150. The summed E-state index contributed by atoms with van der Waals surface area (Å²) < 4.78 is 31.1. The molecular formula is C27H29ClFNO5S2. The van der Waals surface area contributed by atoms with Gasteiger partial charge < -0.3 is 14.2 Å². The summed E-state index contributed by atoms with van der Waals surface area (Å²) in [7, 11) is 0. The normalized spacial score (nSPS) is 14.4. The molecule has 1 fully saturated rings. The highest BCUT2D eigenvalue weighted by Gasteiger charge is 2.31. The van der Waals surface area contributed by atoms with Crippen molar-refractivity contribution in [1.29, 1.82) is 0 Å². The maximum Gasteiger partial charge on any atom is 0.305 e. The standard InChI is InChI=1S/C27H29ClFNO5S2/c1-3-33-23-15-18(12-13-22(23)35-17-19-20(28)9-8-10-21(19)29)16-24-26(32)30(27(36)37-24)14-7-5-6-11-25(31)34-4-2/h8-10,12-13,15-16H,3-7,11,14,17H2,1-2H3/b24-16+. The fourth-order valence-electron chi connectivity index (χ4n) is 3.62. The molecule has 6 nitrogen and oxygen atoms in total. The van der Waals surface area contributed by atoms with Crippen molar-refractivity contribution in [2.45, 2.75) is 46.1 Å². The molecule has 0 unspecified atom stereocenters. The van der Waals surface area contributed by atoms with Crippen molar-refractivity contribution in [2.24, 2.45) is 0 Å². The van der Waals surface area contributed by atoms with Gasteiger partial charge in [0.05, 0.1) is 23.1 Å². The average molecular weight is 566 g/mol. The molecule has 1 aliphatic rings. The van der Waals surface area contributed by atoms with Crippen LogP contribution in [0, 0.1) is 5.82 Å². The average Bonchev–Trinajstić information content (AvgIpc) is 3.12. The van der Waals surface area contributed by atoms with E-state index >= 15 is 0 Å². The minimum atomic E-state index is -0.442. The second-order valence-corrected chi connectivity index (χ2v) is 10.2. The molecule has 0 atom stereocenters. The molecule has 0 spiro atoms. The zero-order valence-corrected chi connectivity index (χ0v) is 23.1. The van der Waals surface area contributed by atoms with Crippen LogP contribution in [0.15, 0.2) is 41.3 Å². The highest BCUT2D eigenvalue weighted by Crippen LogP contribution is 2.35. The van der Waals surface area contributed by atoms with Gasteiger partial charge in [-0.15, -0.1) is 0 Å². The molecule has 1 saturated heterocycles. The van der Waals surface area contributed by atoms with E-state index in [1.807, 2.05) is 6.92 Å². The fraction of sp³-hybridized carbons (Fsp3) is 0.370. The minimum Gasteiger partial charge on any atom is -0.490 e. The Labute approximate surface area is 231 Å². The number of halogens is 2. The van der Waals surface area contributed by atoms with Gasteiger partial charge in [0.15, 0.2) is 11.5 Å². The third-order valence-corrected chi connectivity index (χ3v) is 7.17. The van der Waals surface area contributed by atoms with Gasteiger partial charge in [-0.05, 0) is 62.6 Å². The Morgan fingerprint density at radius 3 is 2.65 bits per heavy atom. The van der Waals surface area contributed by atoms with E-state index in [4.69, 9.17) is 38.0 Å². The van der Waals surface area contributed by atoms with Crippen LogP contribution in [-0.2, 0) is 20.9 Å². The van der Waals surface area contributed by atoms with Crippen molar-refractivity contribution in [3.05, 3.63) is 63.3 Å². The third kappa shape index (κ3) is 8.18. The third-order valence-electron chi connectivity index (χ3n) is 5.44. The van der Waals surface area contributed by atoms with Crippen molar-refractivity contribution in [2.75, 3.05) is 19.8 Å². The molecule has 198 valence electrons. The molecule has 1 aliphatic heterocycles. The first-order valence-corrected chi connectivity index (χ1v) is 13.7. The van der Waals surface area contributed by atoms with E-state index < -0.39 is 5.82 Å². The van der Waals surface area contributed by atoms with Crippen LogP contribution in [0.1, 0.15) is 50.7 Å². The summed E-state index contributed by atoms with van der Waals surface area (Å²) in [6.07, 6.45) is 4.39. The number of nitrogens with zero attached hydrogens (tertiary/aromatic N) is 1. The molecule has 0 aliphatic carbocycles. The molecule has 0 aromatic heterocycles. The summed E-state index contributed by atoms with van der Waals surface area (Å²) in [6.45, 7) is 4.86. The highest BCUT2D eigenvalue weighted by atomic mass is 35.5. The number of rotatable bonds is 13. The maximum atomic E-state index is 14.1. The first-order chi connectivity index (χ1) is 17.8. The number of benzene rings is 2. The van der Waals surface area contributed by atoms with E-state index in [2.05, 4.69) is 0 Å². The molecule has 0 radical (unpaired) electrons. The molecule has 0 bridgehead atoms. The van der Waals surface area contributed by atoms with Crippen molar-refractivity contribution in [1.82, 2.24) is 4.90 Å². The molecule has 1 amide bonds. The number of ether oxygens (including phenoxy) is 3. The number of hydrogen-bond acceptors (Lipinski definition) is 7. The summed E-state index contributed by atoms with van der Waals surface area (Å²) in [4.78, 5) is 26.5. The van der Waals surface area contributed by atoms with Gasteiger partial charge in [-0.25, -0.2) is 4.39 Å². The summed E-state index contributed by atoms with van der Waals surface area (Å²) in [6, 6.07) is 9.76. The second kappa shape index (κ2) is 14.4. The lowest BCUT2D eigenvalue weighted by Crippen LogP contribution is -2.29. The van der Waals surface area contributed by atoms with E-state index in [1.165, 1.54) is 23.9 Å². The first-order valence-electron chi connectivity index (χ1n) is 12.1. The Hall–Kier alpha value is -2.62. The highest BCUT2D eigenvalue weighted by molar-refractivity contribution is 8.26. The van der Waals surface area contributed by atoms with Crippen molar-refractivity contribution in [3.63, 3.8) is 0 Å². The van der Waals surface area contributed by atoms with Crippen LogP contribution in [-0.4, -0.2) is 40.9 Å². The number of unbranched alkanes of at least 4 members (excludes halogenated alkanes) is 2. The summed E-state index contributed by atoms with van der Waals surface area (Å²) in [5.74, 6) is 0.125. The van der Waals surface area contributed by atoms with Crippen molar-refractivity contribution >= 4 is 57.9 Å². The Balaban J connectivity index is 1.63. The minimum absolute atomic E-state index is 0.0522. The number of thioether (sulfide) groups is 1. The van der Waals surface area contributed by atoms with Gasteiger partial charge in [0.25, 0.3) is 5.91 Å². The Kier molecular flexibility index (Phi) is 11.2. The number of carbonyl (C=O) groups excluding carboxylic acids is 2. The lowest BCUT2D eigenvalue weighted by atomic mass is 10.1. The van der Waals surface area contributed by atoms with Gasteiger partial charge in [0.2, 0.25) is 0 Å². The topological polar surface area (TPSA) is 65.1 Å². The molecular weight excluding hydrogens is 537 g/mol. The molecule has 10 heteroatoms. The van der Waals surface area contributed by atoms with Crippen LogP contribution < -0.4 is 9.47 Å². The van der Waals surface area contributed by atoms with Crippen molar-refractivity contribution in [3.8, 4) is 11.5 Å². The van der Waals surface area contributed by atoms with Gasteiger partial charge in [-0.2, -0.15) is 0 Å². The van der Waals surface area contributed by atoms with Crippen LogP contribution in [0.2, 0.25) is 5.02 Å². The largest absolute Gasteiger partial charge is 0.490 e. The van der Waals surface area contributed by atoms with E-state index in [9.17, 15) is 14.0 Å². The fourth-order valence-corrected chi connectivity index (χ4v) is 5.14. The van der Waals surface area contributed by atoms with E-state index in [-0.39, 0.29) is 29.1 Å². The predicted molar refractivity (Wildman–Crippen MR) is 148 cm³/mol. The molecule has 2 aromatic rings. The number of hydrogen-bond donors (Lipinski definition) is 0. The summed E-state index contributed by atoms with van der Waals surface area (Å²) >= 11 is 12.8. The number of carbonyl (C=O) groups is 2. The monoisotopic (exact) mass is 565 g/mol.